The molecule has 2 amide bonds. The molecule has 4 aromatic heterocycles. The molecule has 1 aliphatic rings. The lowest BCUT2D eigenvalue weighted by Crippen LogP contribution is -2.56. The molecule has 1 aliphatic heterocycles. The Morgan fingerprint density at radius 1 is 1.20 bits per heavy atom. The van der Waals surface area contributed by atoms with E-state index in [0.29, 0.717) is 47.8 Å². The number of likely N-dealkylation sites (N-methyl/N-ethyl adjacent to an activating group) is 1. The molecule has 1 fully saturated rings. The van der Waals surface area contributed by atoms with Crippen LogP contribution in [0, 0.1) is 11.3 Å². The van der Waals surface area contributed by atoms with Gasteiger partial charge in [0.2, 0.25) is 5.91 Å². The van der Waals surface area contributed by atoms with Crippen LogP contribution in [0.15, 0.2) is 48.1 Å². The van der Waals surface area contributed by atoms with Crippen LogP contribution in [0.5, 0.6) is 0 Å². The zero-order valence-electron chi connectivity index (χ0n) is 23.4. The zero-order valence-corrected chi connectivity index (χ0v) is 24.2. The van der Waals surface area contributed by atoms with Gasteiger partial charge in [-0.05, 0) is 56.1 Å². The van der Waals surface area contributed by atoms with Gasteiger partial charge in [0.25, 0.3) is 5.91 Å². The van der Waals surface area contributed by atoms with Gasteiger partial charge in [-0.2, -0.15) is 10.4 Å². The third-order valence-electron chi connectivity index (χ3n) is 7.44. The predicted molar refractivity (Wildman–Crippen MR) is 159 cm³/mol. The second kappa shape index (κ2) is 12.4. The van der Waals surface area contributed by atoms with E-state index in [1.807, 2.05) is 40.7 Å². The van der Waals surface area contributed by atoms with Crippen LogP contribution < -0.4 is 15.5 Å². The monoisotopic (exact) mass is 571 g/mol. The molecule has 11 nitrogen and oxygen atoms in total. The fraction of sp³-hybridized carbons (Fsp3) is 0.379. The lowest BCUT2D eigenvalue weighted by atomic mass is 10.0. The van der Waals surface area contributed by atoms with E-state index < -0.39 is 6.04 Å². The van der Waals surface area contributed by atoms with Gasteiger partial charge in [0.1, 0.15) is 18.4 Å². The molecule has 0 unspecified atom stereocenters. The van der Waals surface area contributed by atoms with E-state index in [9.17, 15) is 9.59 Å². The minimum absolute atomic E-state index is 0.0599. The van der Waals surface area contributed by atoms with Crippen LogP contribution >= 0.6 is 11.3 Å². The molecule has 2 N–H and O–H groups in total. The average Bonchev–Trinajstić information content (AvgIpc) is 3.65. The van der Waals surface area contributed by atoms with E-state index in [1.54, 1.807) is 34.2 Å². The van der Waals surface area contributed by atoms with E-state index in [-0.39, 0.29) is 24.4 Å². The maximum atomic E-state index is 13.5. The molecular weight excluding hydrogens is 538 g/mol. The first-order valence-electron chi connectivity index (χ1n) is 13.8. The molecular formula is C29H33N9O2S. The van der Waals surface area contributed by atoms with Gasteiger partial charge in [0.15, 0.2) is 5.65 Å². The van der Waals surface area contributed by atoms with Crippen molar-refractivity contribution in [2.45, 2.75) is 39.3 Å². The van der Waals surface area contributed by atoms with Crippen molar-refractivity contribution >= 4 is 34.6 Å². The number of anilines is 1. The van der Waals surface area contributed by atoms with Crippen LogP contribution in [0.4, 0.5) is 5.82 Å². The van der Waals surface area contributed by atoms with Crippen LogP contribution in [0.1, 0.15) is 37.6 Å². The highest BCUT2D eigenvalue weighted by molar-refractivity contribution is 7.13. The molecule has 0 aromatic carbocycles. The summed E-state index contributed by atoms with van der Waals surface area (Å²) in [5.74, 6) is 0.0625. The number of hydrogen-bond acceptors (Lipinski definition) is 9. The van der Waals surface area contributed by atoms with Crippen LogP contribution in [0.2, 0.25) is 0 Å². The Hall–Kier alpha value is -4.34. The molecule has 0 radical (unpaired) electrons. The van der Waals surface area contributed by atoms with Crippen molar-refractivity contribution in [2.24, 2.45) is 0 Å². The van der Waals surface area contributed by atoms with Gasteiger partial charge in [-0.3, -0.25) is 14.5 Å². The largest absolute Gasteiger partial charge is 0.350 e. The normalized spacial score (nSPS) is 15.4. The number of amides is 2. The van der Waals surface area contributed by atoms with Gasteiger partial charge in [0.05, 0.1) is 34.1 Å². The summed E-state index contributed by atoms with van der Waals surface area (Å²) in [4.78, 5) is 41.1. The molecule has 0 bridgehead atoms. The highest BCUT2D eigenvalue weighted by Gasteiger charge is 2.35. The van der Waals surface area contributed by atoms with Crippen LogP contribution in [-0.2, 0) is 4.79 Å². The van der Waals surface area contributed by atoms with E-state index in [2.05, 4.69) is 41.4 Å². The summed E-state index contributed by atoms with van der Waals surface area (Å²) in [5, 5.41) is 21.1. The Labute approximate surface area is 242 Å². The van der Waals surface area contributed by atoms with Crippen LogP contribution in [-0.4, -0.2) is 81.1 Å². The van der Waals surface area contributed by atoms with Gasteiger partial charge in [0, 0.05) is 30.9 Å². The number of hydrogen-bond donors (Lipinski definition) is 2. The second-order valence-electron chi connectivity index (χ2n) is 9.87. The summed E-state index contributed by atoms with van der Waals surface area (Å²) in [6.07, 6.45) is 4.19. The van der Waals surface area contributed by atoms with Crippen molar-refractivity contribution in [3.63, 3.8) is 0 Å². The topological polar surface area (TPSA) is 132 Å². The standard InChI is InChI=1S/C29H33N9O2S/c1-4-36(5-2)19(3)17-32-28(39)20-15-23(34-26(16-20)37-12-9-24(37)29(40)31-11-10-30)21-18-33-38-13-8-22(35-27(21)38)25-7-6-14-41-25/h6-8,13-16,18-19,24H,4-5,9,11-12,17H2,1-3H3,(H,31,40)(H,32,39)/t19-,24-/m0/s1. The molecule has 41 heavy (non-hydrogen) atoms. The Kier molecular flexibility index (Phi) is 8.56. The molecule has 4 aromatic rings. The van der Waals surface area contributed by atoms with Gasteiger partial charge < -0.3 is 15.5 Å². The van der Waals surface area contributed by atoms with Gasteiger partial charge in [-0.15, -0.1) is 11.3 Å². The molecule has 212 valence electrons. The third-order valence-corrected chi connectivity index (χ3v) is 8.34. The summed E-state index contributed by atoms with van der Waals surface area (Å²) in [7, 11) is 0. The van der Waals surface area contributed by atoms with Gasteiger partial charge in [-0.25, -0.2) is 14.5 Å². The summed E-state index contributed by atoms with van der Waals surface area (Å²) < 4.78 is 1.69. The van der Waals surface area contributed by atoms with Crippen molar-refractivity contribution in [1.29, 1.82) is 5.26 Å². The second-order valence-corrected chi connectivity index (χ2v) is 10.8. The Morgan fingerprint density at radius 2 is 2.02 bits per heavy atom. The fourth-order valence-electron chi connectivity index (χ4n) is 5.04. The van der Waals surface area contributed by atoms with Gasteiger partial charge >= 0.3 is 0 Å². The SMILES string of the molecule is CCN(CC)[C@@H](C)CNC(=O)c1cc(-c2cnn3ccc(-c4cccs4)nc23)nc(N2CC[C@H]2C(=O)NCC#N)c1. The average molecular weight is 572 g/mol. The van der Waals surface area contributed by atoms with Crippen molar-refractivity contribution in [2.75, 3.05) is 37.6 Å². The van der Waals surface area contributed by atoms with E-state index in [0.717, 1.165) is 23.7 Å². The number of carbonyl (C=O) groups excluding carboxylic acids is 2. The van der Waals surface area contributed by atoms with E-state index >= 15 is 0 Å². The summed E-state index contributed by atoms with van der Waals surface area (Å²) >= 11 is 1.60. The molecule has 5 heterocycles. The number of rotatable bonds is 11. The number of nitrogens with zero attached hydrogens (tertiary/aromatic N) is 7. The molecule has 0 aliphatic carbocycles. The number of pyridine rings is 1. The minimum Gasteiger partial charge on any atom is -0.350 e. The van der Waals surface area contributed by atoms with E-state index in [1.165, 1.54) is 0 Å². The number of aromatic nitrogens is 4. The fourth-order valence-corrected chi connectivity index (χ4v) is 5.74. The first-order chi connectivity index (χ1) is 19.9. The Morgan fingerprint density at radius 3 is 2.71 bits per heavy atom. The lowest BCUT2D eigenvalue weighted by Gasteiger charge is -2.40. The first-order valence-corrected chi connectivity index (χ1v) is 14.7. The Balaban J connectivity index is 1.51. The van der Waals surface area contributed by atoms with Gasteiger partial charge in [-0.1, -0.05) is 19.9 Å². The quantitative estimate of drug-likeness (QED) is 0.263. The van der Waals surface area contributed by atoms with Crippen molar-refractivity contribution in [3.8, 4) is 27.9 Å². The smallest absolute Gasteiger partial charge is 0.251 e. The van der Waals surface area contributed by atoms with E-state index in [4.69, 9.17) is 15.2 Å². The highest BCUT2D eigenvalue weighted by atomic mass is 32.1. The number of nitrogens with one attached hydrogen (secondary N) is 2. The lowest BCUT2D eigenvalue weighted by molar-refractivity contribution is -0.123. The highest BCUT2D eigenvalue weighted by Crippen LogP contribution is 2.31. The van der Waals surface area contributed by atoms with Crippen molar-refractivity contribution in [3.05, 3.63) is 53.7 Å². The number of fused-ring (bicyclic) bond motifs is 1. The number of thiophene rings is 1. The third kappa shape index (κ3) is 5.91. The molecule has 0 spiro atoms. The number of nitriles is 1. The van der Waals surface area contributed by atoms with Crippen molar-refractivity contribution in [1.82, 2.24) is 35.1 Å². The summed E-state index contributed by atoms with van der Waals surface area (Å²) in [6.45, 7) is 9.15. The van der Waals surface area contributed by atoms with Crippen LogP contribution in [0.25, 0.3) is 27.5 Å². The maximum Gasteiger partial charge on any atom is 0.251 e. The molecule has 1 saturated heterocycles. The Bertz CT molecular complexity index is 1570. The number of carbonyl (C=O) groups is 2. The van der Waals surface area contributed by atoms with Crippen LogP contribution in [0.3, 0.4) is 0 Å². The molecule has 2 atom stereocenters. The van der Waals surface area contributed by atoms with Crippen molar-refractivity contribution < 1.29 is 9.59 Å². The minimum atomic E-state index is -0.461. The zero-order chi connectivity index (χ0) is 28.9. The predicted octanol–water partition coefficient (Wildman–Crippen LogP) is 3.20. The maximum absolute atomic E-state index is 13.5. The molecule has 0 saturated carbocycles. The molecule has 5 rings (SSSR count). The first kappa shape index (κ1) is 28.2. The molecule has 12 heteroatoms. The summed E-state index contributed by atoms with van der Waals surface area (Å²) in [5.41, 5.74) is 3.11. The summed E-state index contributed by atoms with van der Waals surface area (Å²) in [6, 6.07) is 11.0.